The van der Waals surface area contributed by atoms with E-state index in [1.165, 1.54) is 88.6 Å². The molecule has 0 unspecified atom stereocenters. The molecule has 1 aliphatic carbocycles. The van der Waals surface area contributed by atoms with Gasteiger partial charge in [-0.25, -0.2) is 6.07 Å². The number of halogens is 2. The summed E-state index contributed by atoms with van der Waals surface area (Å²) in [4.78, 5) is 0. The van der Waals surface area contributed by atoms with Crippen LogP contribution in [-0.2, 0) is 46.9 Å². The SMILES string of the molecule is CC(C)(C)c1c[c-]c2c(c1)-c1cc(C(C)(C)C)ccc1C2.Cc1cc(C(C)(C)C)c[cH-]1.Cc1ccc([C](=[Zr+2])c2ccccc2)cc1.[Cl-].[Cl-]. The smallest absolute Gasteiger partial charge is 1.00 e. The molecular formula is C45H52Cl2Zr-2. The van der Waals surface area contributed by atoms with Crippen LogP contribution in [0.25, 0.3) is 11.1 Å². The number of hydrogen-bond acceptors (Lipinski definition) is 0. The molecule has 0 aromatic heterocycles. The third-order valence-corrected chi connectivity index (χ3v) is 10.1. The van der Waals surface area contributed by atoms with E-state index in [0.717, 1.165) is 6.42 Å². The van der Waals surface area contributed by atoms with E-state index in [1.54, 1.807) is 0 Å². The van der Waals surface area contributed by atoms with Gasteiger partial charge in [0.2, 0.25) is 0 Å². The molecule has 0 saturated heterocycles. The molecule has 0 heterocycles. The van der Waals surface area contributed by atoms with E-state index in [0.29, 0.717) is 5.41 Å². The van der Waals surface area contributed by atoms with Gasteiger partial charge in [0.25, 0.3) is 0 Å². The monoisotopic (exact) mass is 752 g/mol. The van der Waals surface area contributed by atoms with Crippen LogP contribution in [-0.4, -0.2) is 3.21 Å². The summed E-state index contributed by atoms with van der Waals surface area (Å²) >= 11 is 1.46. The van der Waals surface area contributed by atoms with Gasteiger partial charge in [-0.05, 0) is 17.4 Å². The minimum Gasteiger partial charge on any atom is -1.00 e. The maximum Gasteiger partial charge on any atom is -1.00 e. The topological polar surface area (TPSA) is 0 Å². The van der Waals surface area contributed by atoms with Gasteiger partial charge in [-0.3, -0.25) is 0 Å². The van der Waals surface area contributed by atoms with E-state index in [9.17, 15) is 0 Å². The molecule has 0 bridgehead atoms. The summed E-state index contributed by atoms with van der Waals surface area (Å²) in [5, 5.41) is 0. The summed E-state index contributed by atoms with van der Waals surface area (Å²) in [5.74, 6) is 0. The van der Waals surface area contributed by atoms with E-state index < -0.39 is 0 Å². The fourth-order valence-corrected chi connectivity index (χ4v) is 6.33. The van der Waals surface area contributed by atoms with E-state index >= 15 is 0 Å². The van der Waals surface area contributed by atoms with E-state index in [1.807, 2.05) is 0 Å². The molecule has 3 heteroatoms. The van der Waals surface area contributed by atoms with Crippen LogP contribution in [0.3, 0.4) is 0 Å². The maximum absolute atomic E-state index is 3.53. The molecule has 252 valence electrons. The minimum absolute atomic E-state index is 0. The van der Waals surface area contributed by atoms with Gasteiger partial charge in [-0.15, -0.1) is 5.56 Å². The van der Waals surface area contributed by atoms with Crippen LogP contribution in [0.1, 0.15) is 112 Å². The first kappa shape index (κ1) is 41.7. The van der Waals surface area contributed by atoms with E-state index in [-0.39, 0.29) is 35.6 Å². The summed E-state index contributed by atoms with van der Waals surface area (Å²) in [5.41, 5.74) is 15.9. The van der Waals surface area contributed by atoms with Crippen molar-refractivity contribution < 1.29 is 49.0 Å². The normalized spacial score (nSPS) is 11.8. The van der Waals surface area contributed by atoms with Gasteiger partial charge < -0.3 is 24.8 Å². The Bertz CT molecular complexity index is 1710. The number of fused-ring (bicyclic) bond motifs is 3. The molecule has 0 atom stereocenters. The Morgan fingerprint density at radius 1 is 0.625 bits per heavy atom. The van der Waals surface area contributed by atoms with Crippen LogP contribution in [0.2, 0.25) is 0 Å². The fraction of sp³-hybridized carbons (Fsp3) is 0.333. The van der Waals surface area contributed by atoms with Gasteiger partial charge in [0.1, 0.15) is 0 Å². The second-order valence-electron chi connectivity index (χ2n) is 15.9. The third-order valence-electron chi connectivity index (χ3n) is 8.70. The first-order chi connectivity index (χ1) is 21.4. The molecule has 0 aliphatic heterocycles. The van der Waals surface area contributed by atoms with Gasteiger partial charge in [0, 0.05) is 0 Å². The zero-order valence-corrected chi connectivity index (χ0v) is 34.7. The quantitative estimate of drug-likeness (QED) is 0.197. The summed E-state index contributed by atoms with van der Waals surface area (Å²) < 4.78 is 1.42. The minimum atomic E-state index is 0. The molecular weight excluding hydrogens is 703 g/mol. The summed E-state index contributed by atoms with van der Waals surface area (Å²) in [6, 6.07) is 41.0. The van der Waals surface area contributed by atoms with Crippen molar-refractivity contribution in [3.05, 3.63) is 159 Å². The first-order valence-corrected chi connectivity index (χ1v) is 17.8. The third kappa shape index (κ3) is 11.0. The molecule has 0 nitrogen and oxygen atoms in total. The fourth-order valence-electron chi connectivity index (χ4n) is 5.51. The van der Waals surface area contributed by atoms with E-state index in [4.69, 9.17) is 0 Å². The van der Waals surface area contributed by atoms with Crippen molar-refractivity contribution in [2.75, 3.05) is 0 Å². The van der Waals surface area contributed by atoms with Crippen molar-refractivity contribution in [1.29, 1.82) is 0 Å². The predicted molar refractivity (Wildman–Crippen MR) is 197 cm³/mol. The van der Waals surface area contributed by atoms with Crippen LogP contribution >= 0.6 is 0 Å². The summed E-state index contributed by atoms with van der Waals surface area (Å²) in [6.07, 6.45) is 1.03. The Morgan fingerprint density at radius 2 is 1.17 bits per heavy atom. The Labute approximate surface area is 319 Å². The standard InChI is InChI=1S/C21H25.C14H12.C10H15.2ClH.Zr/c1-20(2,3)16-9-7-14-11-15-8-10-17(21(4,5)6)13-19(15)18(14)12-16;1-12-7-9-14(10-8-12)11-13-5-3-2-4-6-13;1-8-5-6-9(7-8)10(2,3)4;;;/h7,9-10,12-13H,11H2,1-6H3;2-10H,1H3;5-7H,1-4H3;2*1H;/q-1;;-1;;;+2/p-2. The Balaban J connectivity index is 0.000000261. The van der Waals surface area contributed by atoms with Crippen LogP contribution in [0.5, 0.6) is 0 Å². The van der Waals surface area contributed by atoms with Crippen LogP contribution in [0.15, 0.2) is 103 Å². The molecule has 48 heavy (non-hydrogen) atoms. The molecule has 0 spiro atoms. The second kappa shape index (κ2) is 17.0. The van der Waals surface area contributed by atoms with Crippen LogP contribution < -0.4 is 24.8 Å². The van der Waals surface area contributed by atoms with Gasteiger partial charge in [-0.1, -0.05) is 109 Å². The van der Waals surface area contributed by atoms with Crippen molar-refractivity contribution in [3.63, 3.8) is 0 Å². The molecule has 0 amide bonds. The van der Waals surface area contributed by atoms with Gasteiger partial charge in [-0.2, -0.15) is 52.6 Å². The predicted octanol–water partition coefficient (Wildman–Crippen LogP) is 5.78. The average Bonchev–Trinajstić information content (AvgIpc) is 3.60. The van der Waals surface area contributed by atoms with Crippen molar-refractivity contribution in [2.45, 2.75) is 98.8 Å². The molecule has 0 saturated carbocycles. The molecule has 0 radical (unpaired) electrons. The molecule has 0 N–H and O–H groups in total. The Hall–Kier alpha value is -2.44. The zero-order valence-electron chi connectivity index (χ0n) is 30.8. The molecule has 6 rings (SSSR count). The average molecular weight is 755 g/mol. The van der Waals surface area contributed by atoms with Crippen molar-refractivity contribution in [1.82, 2.24) is 0 Å². The summed E-state index contributed by atoms with van der Waals surface area (Å²) in [7, 11) is 0. The van der Waals surface area contributed by atoms with Gasteiger partial charge >= 0.3 is 106 Å². The Kier molecular flexibility index (Phi) is 14.8. The van der Waals surface area contributed by atoms with Crippen LogP contribution in [0, 0.1) is 19.9 Å². The Morgan fingerprint density at radius 3 is 1.67 bits per heavy atom. The first-order valence-electron chi connectivity index (χ1n) is 16.6. The van der Waals surface area contributed by atoms with Crippen molar-refractivity contribution in [2.24, 2.45) is 0 Å². The molecule has 0 fully saturated rings. The van der Waals surface area contributed by atoms with Gasteiger partial charge in [0.15, 0.2) is 0 Å². The molecule has 5 aromatic carbocycles. The largest absolute Gasteiger partial charge is 1.00 e. The van der Waals surface area contributed by atoms with Crippen molar-refractivity contribution >= 4 is 3.21 Å². The van der Waals surface area contributed by atoms with Gasteiger partial charge in [0.05, 0.1) is 0 Å². The zero-order chi connectivity index (χ0) is 33.9. The van der Waals surface area contributed by atoms with E-state index in [2.05, 4.69) is 185 Å². The van der Waals surface area contributed by atoms with Crippen molar-refractivity contribution in [3.8, 4) is 11.1 Å². The molecule has 5 aromatic rings. The number of aryl methyl sites for hydroxylation is 2. The second-order valence-corrected chi connectivity index (χ2v) is 17.1. The number of benzene rings is 4. The molecule has 1 aliphatic rings. The number of hydrogen-bond donors (Lipinski definition) is 0. The number of rotatable bonds is 2. The maximum atomic E-state index is 3.53. The summed E-state index contributed by atoms with van der Waals surface area (Å²) in [6.45, 7) is 24.6. The van der Waals surface area contributed by atoms with Crippen LogP contribution in [0.4, 0.5) is 0 Å².